The zero-order valence-corrected chi connectivity index (χ0v) is 9.25. The molecule has 16 heavy (non-hydrogen) atoms. The number of fused-ring (bicyclic) bond motifs is 1. The molecule has 1 aromatic heterocycles. The standard InChI is InChI=1S/C12H13FN2O/c1-3-14-10-4-5-15-12-9(10)6-8(13)7-11(12)16-2/h4-7H,3H2,1-2H3,(H,14,15). The van der Waals surface area contributed by atoms with Gasteiger partial charge in [0.1, 0.15) is 17.1 Å². The molecule has 2 aromatic rings. The fourth-order valence-electron chi connectivity index (χ4n) is 1.69. The van der Waals surface area contributed by atoms with E-state index in [-0.39, 0.29) is 5.82 Å². The Labute approximate surface area is 93.3 Å². The Morgan fingerprint density at radius 2 is 2.25 bits per heavy atom. The second kappa shape index (κ2) is 4.35. The smallest absolute Gasteiger partial charge is 0.148 e. The topological polar surface area (TPSA) is 34.2 Å². The average molecular weight is 220 g/mol. The Morgan fingerprint density at radius 3 is 2.94 bits per heavy atom. The molecule has 0 saturated carbocycles. The van der Waals surface area contributed by atoms with Crippen molar-refractivity contribution in [3.63, 3.8) is 0 Å². The molecule has 0 aliphatic rings. The lowest BCUT2D eigenvalue weighted by Gasteiger charge is -2.10. The minimum atomic E-state index is -0.323. The average Bonchev–Trinajstić information content (AvgIpc) is 2.29. The van der Waals surface area contributed by atoms with E-state index in [0.29, 0.717) is 11.3 Å². The quantitative estimate of drug-likeness (QED) is 0.863. The van der Waals surface area contributed by atoms with E-state index in [1.807, 2.05) is 13.0 Å². The largest absolute Gasteiger partial charge is 0.494 e. The minimum absolute atomic E-state index is 0.323. The monoisotopic (exact) mass is 220 g/mol. The van der Waals surface area contributed by atoms with Gasteiger partial charge in [-0.05, 0) is 19.1 Å². The van der Waals surface area contributed by atoms with Crippen molar-refractivity contribution in [2.75, 3.05) is 19.0 Å². The van der Waals surface area contributed by atoms with Crippen LogP contribution in [0.2, 0.25) is 0 Å². The normalized spacial score (nSPS) is 10.4. The Morgan fingerprint density at radius 1 is 1.44 bits per heavy atom. The van der Waals surface area contributed by atoms with Crippen molar-refractivity contribution in [2.24, 2.45) is 0 Å². The highest BCUT2D eigenvalue weighted by molar-refractivity contribution is 5.94. The Bertz CT molecular complexity index is 514. The first kappa shape index (κ1) is 10.7. The highest BCUT2D eigenvalue weighted by atomic mass is 19.1. The van der Waals surface area contributed by atoms with Gasteiger partial charge in [0.15, 0.2) is 0 Å². The number of ether oxygens (including phenoxy) is 1. The minimum Gasteiger partial charge on any atom is -0.494 e. The van der Waals surface area contributed by atoms with Gasteiger partial charge in [0, 0.05) is 29.9 Å². The molecule has 1 heterocycles. The number of nitrogens with zero attached hydrogens (tertiary/aromatic N) is 1. The summed E-state index contributed by atoms with van der Waals surface area (Å²) in [7, 11) is 1.51. The van der Waals surface area contributed by atoms with Gasteiger partial charge in [-0.1, -0.05) is 0 Å². The van der Waals surface area contributed by atoms with Gasteiger partial charge in [-0.15, -0.1) is 0 Å². The number of methoxy groups -OCH3 is 1. The summed E-state index contributed by atoms with van der Waals surface area (Å²) in [6.07, 6.45) is 1.68. The third-order valence-corrected chi connectivity index (χ3v) is 2.36. The van der Waals surface area contributed by atoms with Crippen molar-refractivity contribution >= 4 is 16.6 Å². The highest BCUT2D eigenvalue weighted by Gasteiger charge is 2.08. The molecule has 1 N–H and O–H groups in total. The van der Waals surface area contributed by atoms with Gasteiger partial charge in [0.2, 0.25) is 0 Å². The summed E-state index contributed by atoms with van der Waals surface area (Å²) in [5.41, 5.74) is 1.53. The zero-order valence-electron chi connectivity index (χ0n) is 9.25. The van der Waals surface area contributed by atoms with Crippen LogP contribution in [0.1, 0.15) is 6.92 Å². The number of hydrogen-bond donors (Lipinski definition) is 1. The third kappa shape index (κ3) is 1.78. The molecule has 0 aliphatic heterocycles. The molecule has 4 heteroatoms. The number of rotatable bonds is 3. The number of benzene rings is 1. The van der Waals surface area contributed by atoms with E-state index >= 15 is 0 Å². The lowest BCUT2D eigenvalue weighted by atomic mass is 10.1. The van der Waals surface area contributed by atoms with Crippen molar-refractivity contribution < 1.29 is 9.13 Å². The van der Waals surface area contributed by atoms with E-state index in [1.54, 1.807) is 6.20 Å². The predicted molar refractivity (Wildman–Crippen MR) is 62.4 cm³/mol. The lowest BCUT2D eigenvalue weighted by Crippen LogP contribution is -1.99. The summed E-state index contributed by atoms with van der Waals surface area (Å²) in [5, 5.41) is 3.90. The highest BCUT2D eigenvalue weighted by Crippen LogP contribution is 2.29. The lowest BCUT2D eigenvalue weighted by molar-refractivity contribution is 0.415. The fourth-order valence-corrected chi connectivity index (χ4v) is 1.69. The van der Waals surface area contributed by atoms with E-state index in [1.165, 1.54) is 19.2 Å². The molecule has 0 fully saturated rings. The van der Waals surface area contributed by atoms with Crippen LogP contribution < -0.4 is 10.1 Å². The number of halogens is 1. The Hall–Kier alpha value is -1.84. The van der Waals surface area contributed by atoms with Crippen molar-refractivity contribution in [3.8, 4) is 5.75 Å². The maximum atomic E-state index is 13.4. The predicted octanol–water partition coefficient (Wildman–Crippen LogP) is 2.81. The number of hydrogen-bond acceptors (Lipinski definition) is 3. The molecule has 0 aliphatic carbocycles. The molecule has 84 valence electrons. The molecule has 1 aromatic carbocycles. The molecule has 3 nitrogen and oxygen atoms in total. The van der Waals surface area contributed by atoms with E-state index in [0.717, 1.165) is 17.6 Å². The second-order valence-corrected chi connectivity index (χ2v) is 3.39. The van der Waals surface area contributed by atoms with Crippen molar-refractivity contribution in [1.82, 2.24) is 4.98 Å². The van der Waals surface area contributed by atoms with E-state index in [2.05, 4.69) is 10.3 Å². The first-order valence-corrected chi connectivity index (χ1v) is 5.12. The summed E-state index contributed by atoms with van der Waals surface area (Å²) >= 11 is 0. The van der Waals surface area contributed by atoms with E-state index in [9.17, 15) is 4.39 Å². The number of pyridine rings is 1. The molecule has 0 amide bonds. The molecule has 0 bridgehead atoms. The summed E-state index contributed by atoms with van der Waals surface area (Å²) in [4.78, 5) is 4.20. The van der Waals surface area contributed by atoms with E-state index in [4.69, 9.17) is 4.74 Å². The van der Waals surface area contributed by atoms with Crippen molar-refractivity contribution in [2.45, 2.75) is 6.92 Å². The first-order valence-electron chi connectivity index (χ1n) is 5.12. The van der Waals surface area contributed by atoms with Gasteiger partial charge in [0.25, 0.3) is 0 Å². The molecule has 0 saturated heterocycles. The van der Waals surface area contributed by atoms with Crippen LogP contribution in [0, 0.1) is 5.82 Å². The Kier molecular flexibility index (Phi) is 2.90. The van der Waals surface area contributed by atoms with Crippen LogP contribution in [0.15, 0.2) is 24.4 Å². The van der Waals surface area contributed by atoms with Gasteiger partial charge < -0.3 is 10.1 Å². The third-order valence-electron chi connectivity index (χ3n) is 2.36. The first-order chi connectivity index (χ1) is 7.76. The van der Waals surface area contributed by atoms with Gasteiger partial charge in [-0.25, -0.2) is 4.39 Å². The second-order valence-electron chi connectivity index (χ2n) is 3.39. The van der Waals surface area contributed by atoms with Crippen LogP contribution in [0.25, 0.3) is 10.9 Å². The van der Waals surface area contributed by atoms with Gasteiger partial charge in [-0.2, -0.15) is 0 Å². The maximum absolute atomic E-state index is 13.4. The van der Waals surface area contributed by atoms with Crippen LogP contribution in [-0.4, -0.2) is 18.6 Å². The SMILES string of the molecule is CCNc1ccnc2c(OC)cc(F)cc12. The summed E-state index contributed by atoms with van der Waals surface area (Å²) < 4.78 is 18.5. The molecule has 2 rings (SSSR count). The molecule has 0 radical (unpaired) electrons. The maximum Gasteiger partial charge on any atom is 0.148 e. The molecule has 0 atom stereocenters. The van der Waals surface area contributed by atoms with Gasteiger partial charge >= 0.3 is 0 Å². The molecule has 0 spiro atoms. The van der Waals surface area contributed by atoms with Crippen LogP contribution in [0.5, 0.6) is 5.75 Å². The van der Waals surface area contributed by atoms with E-state index < -0.39 is 0 Å². The van der Waals surface area contributed by atoms with Crippen molar-refractivity contribution in [1.29, 1.82) is 0 Å². The van der Waals surface area contributed by atoms with Gasteiger partial charge in [-0.3, -0.25) is 4.98 Å². The van der Waals surface area contributed by atoms with Crippen LogP contribution in [0.4, 0.5) is 10.1 Å². The van der Waals surface area contributed by atoms with Gasteiger partial charge in [0.05, 0.1) is 7.11 Å². The summed E-state index contributed by atoms with van der Waals surface area (Å²) in [5.74, 6) is 0.131. The van der Waals surface area contributed by atoms with Crippen molar-refractivity contribution in [3.05, 3.63) is 30.2 Å². The summed E-state index contributed by atoms with van der Waals surface area (Å²) in [6.45, 7) is 2.76. The molecule has 0 unspecified atom stereocenters. The Balaban J connectivity index is 2.71. The van der Waals surface area contributed by atoms with Crippen LogP contribution >= 0.6 is 0 Å². The van der Waals surface area contributed by atoms with Crippen LogP contribution in [0.3, 0.4) is 0 Å². The number of anilines is 1. The number of aromatic nitrogens is 1. The molecular weight excluding hydrogens is 207 g/mol. The molecular formula is C12H13FN2O. The number of nitrogens with one attached hydrogen (secondary N) is 1. The zero-order chi connectivity index (χ0) is 11.5. The fraction of sp³-hybridized carbons (Fsp3) is 0.250. The summed E-state index contributed by atoms with van der Waals surface area (Å²) in [6, 6.07) is 4.62. The van der Waals surface area contributed by atoms with Crippen LogP contribution in [-0.2, 0) is 0 Å².